The predicted molar refractivity (Wildman–Crippen MR) is 78.7 cm³/mol. The van der Waals surface area contributed by atoms with Crippen LogP contribution >= 0.6 is 22.9 Å². The van der Waals surface area contributed by atoms with Crippen LogP contribution in [-0.4, -0.2) is 15.0 Å². The molecule has 0 aliphatic rings. The first-order chi connectivity index (χ1) is 9.24. The average Bonchev–Trinajstić information content (AvgIpc) is 2.81. The first-order valence-corrected chi connectivity index (χ1v) is 7.03. The monoisotopic (exact) mass is 290 g/mol. The Hall–Kier alpha value is -1.72. The van der Waals surface area contributed by atoms with Crippen LogP contribution in [0.15, 0.2) is 30.0 Å². The Labute approximate surface area is 119 Å². The van der Waals surface area contributed by atoms with Gasteiger partial charge in [-0.25, -0.2) is 15.0 Å². The van der Waals surface area contributed by atoms with Gasteiger partial charge in [-0.3, -0.25) is 0 Å². The summed E-state index contributed by atoms with van der Waals surface area (Å²) in [6.45, 7) is 2.72. The molecule has 0 fully saturated rings. The van der Waals surface area contributed by atoms with Gasteiger partial charge >= 0.3 is 0 Å². The van der Waals surface area contributed by atoms with Crippen LogP contribution < -0.4 is 5.32 Å². The van der Waals surface area contributed by atoms with E-state index in [1.807, 2.05) is 30.6 Å². The number of hydrogen-bond acceptors (Lipinski definition) is 5. The second-order valence-electron chi connectivity index (χ2n) is 4.10. The van der Waals surface area contributed by atoms with Gasteiger partial charge in [-0.05, 0) is 25.1 Å². The molecule has 0 bridgehead atoms. The maximum Gasteiger partial charge on any atom is 0.137 e. The molecule has 0 saturated heterocycles. The van der Waals surface area contributed by atoms with E-state index < -0.39 is 0 Å². The fraction of sp³-hybridized carbons (Fsp3) is 0.154. The summed E-state index contributed by atoms with van der Waals surface area (Å²) < 4.78 is 0. The molecule has 1 N–H and O–H groups in total. The van der Waals surface area contributed by atoms with Gasteiger partial charge in [0.1, 0.15) is 12.1 Å². The van der Waals surface area contributed by atoms with Gasteiger partial charge in [0, 0.05) is 15.3 Å². The van der Waals surface area contributed by atoms with Crippen molar-refractivity contribution in [2.24, 2.45) is 0 Å². The molecule has 0 aliphatic carbocycles. The molecule has 0 unspecified atom stereocenters. The van der Waals surface area contributed by atoms with E-state index in [0.29, 0.717) is 11.6 Å². The number of anilines is 1. The van der Waals surface area contributed by atoms with E-state index in [0.717, 1.165) is 22.4 Å². The Morgan fingerprint density at radius 2 is 2.16 bits per heavy atom. The number of halogens is 1. The smallest absolute Gasteiger partial charge is 0.137 e. The molecule has 0 aliphatic heterocycles. The van der Waals surface area contributed by atoms with Crippen molar-refractivity contribution in [2.75, 3.05) is 5.32 Å². The molecular weight excluding hydrogens is 280 g/mol. The third kappa shape index (κ3) is 2.52. The van der Waals surface area contributed by atoms with Gasteiger partial charge < -0.3 is 5.32 Å². The SMILES string of the molecule is Cc1ncsc1CNc1ncnc2cc(Cl)ccc12. The van der Waals surface area contributed by atoms with Gasteiger partial charge in [-0.1, -0.05) is 11.6 Å². The van der Waals surface area contributed by atoms with Gasteiger partial charge in [0.05, 0.1) is 23.3 Å². The maximum absolute atomic E-state index is 5.96. The van der Waals surface area contributed by atoms with Crippen molar-refractivity contribution in [3.63, 3.8) is 0 Å². The van der Waals surface area contributed by atoms with Gasteiger partial charge in [0.2, 0.25) is 0 Å². The van der Waals surface area contributed by atoms with Crippen molar-refractivity contribution in [1.29, 1.82) is 0 Å². The third-order valence-electron chi connectivity index (χ3n) is 2.86. The largest absolute Gasteiger partial charge is 0.364 e. The number of nitrogens with zero attached hydrogens (tertiary/aromatic N) is 3. The average molecular weight is 291 g/mol. The number of nitrogens with one attached hydrogen (secondary N) is 1. The summed E-state index contributed by atoms with van der Waals surface area (Å²) >= 11 is 7.60. The lowest BCUT2D eigenvalue weighted by molar-refractivity contribution is 1.09. The summed E-state index contributed by atoms with van der Waals surface area (Å²) in [6.07, 6.45) is 1.54. The lowest BCUT2D eigenvalue weighted by Crippen LogP contribution is -2.02. The Bertz CT molecular complexity index is 725. The van der Waals surface area contributed by atoms with Crippen molar-refractivity contribution < 1.29 is 0 Å². The third-order valence-corrected chi connectivity index (χ3v) is 4.03. The number of fused-ring (bicyclic) bond motifs is 1. The van der Waals surface area contributed by atoms with Crippen LogP contribution in [0.25, 0.3) is 10.9 Å². The second-order valence-corrected chi connectivity index (χ2v) is 5.47. The zero-order valence-corrected chi connectivity index (χ0v) is 11.8. The van der Waals surface area contributed by atoms with Crippen molar-refractivity contribution in [1.82, 2.24) is 15.0 Å². The maximum atomic E-state index is 5.96. The highest BCUT2D eigenvalue weighted by Crippen LogP contribution is 2.23. The van der Waals surface area contributed by atoms with Crippen molar-refractivity contribution >= 4 is 39.7 Å². The fourth-order valence-corrected chi connectivity index (χ4v) is 2.71. The highest BCUT2D eigenvalue weighted by molar-refractivity contribution is 7.09. The van der Waals surface area contributed by atoms with Crippen LogP contribution in [0.2, 0.25) is 5.02 Å². The molecule has 0 radical (unpaired) electrons. The number of hydrogen-bond donors (Lipinski definition) is 1. The first-order valence-electron chi connectivity index (χ1n) is 5.77. The van der Waals surface area contributed by atoms with E-state index in [4.69, 9.17) is 11.6 Å². The molecular formula is C13H11ClN4S. The zero-order chi connectivity index (χ0) is 13.2. The lowest BCUT2D eigenvalue weighted by Gasteiger charge is -2.07. The number of aryl methyl sites for hydroxylation is 1. The van der Waals surface area contributed by atoms with E-state index in [9.17, 15) is 0 Å². The molecule has 2 heterocycles. The molecule has 96 valence electrons. The number of rotatable bonds is 3. The van der Waals surface area contributed by atoms with Gasteiger partial charge in [0.25, 0.3) is 0 Å². The molecule has 3 rings (SSSR count). The molecule has 6 heteroatoms. The molecule has 0 saturated carbocycles. The van der Waals surface area contributed by atoms with E-state index >= 15 is 0 Å². The minimum absolute atomic E-state index is 0.676. The lowest BCUT2D eigenvalue weighted by atomic mass is 10.2. The minimum atomic E-state index is 0.676. The Kier molecular flexibility index (Phi) is 3.31. The number of benzene rings is 1. The molecule has 2 aromatic heterocycles. The first kappa shape index (κ1) is 12.3. The van der Waals surface area contributed by atoms with Gasteiger partial charge in [0.15, 0.2) is 0 Å². The Balaban J connectivity index is 1.91. The van der Waals surface area contributed by atoms with Crippen molar-refractivity contribution in [3.8, 4) is 0 Å². The Morgan fingerprint density at radius 1 is 1.26 bits per heavy atom. The molecule has 4 nitrogen and oxygen atoms in total. The summed E-state index contributed by atoms with van der Waals surface area (Å²) in [6, 6.07) is 5.61. The molecule has 0 amide bonds. The summed E-state index contributed by atoms with van der Waals surface area (Å²) in [5.74, 6) is 0.814. The molecule has 0 atom stereocenters. The van der Waals surface area contributed by atoms with E-state index in [2.05, 4.69) is 20.3 Å². The predicted octanol–water partition coefficient (Wildman–Crippen LogP) is 3.66. The number of thiazole rings is 1. The fourth-order valence-electron chi connectivity index (χ4n) is 1.83. The minimum Gasteiger partial charge on any atom is -0.364 e. The quantitative estimate of drug-likeness (QED) is 0.800. The van der Waals surface area contributed by atoms with Crippen LogP contribution in [0.4, 0.5) is 5.82 Å². The normalized spacial score (nSPS) is 10.8. The van der Waals surface area contributed by atoms with E-state index in [1.165, 1.54) is 4.88 Å². The summed E-state index contributed by atoms with van der Waals surface area (Å²) in [5, 5.41) is 4.97. The highest BCUT2D eigenvalue weighted by atomic mass is 35.5. The van der Waals surface area contributed by atoms with Crippen LogP contribution in [-0.2, 0) is 6.54 Å². The molecule has 3 aromatic rings. The van der Waals surface area contributed by atoms with Crippen molar-refractivity contribution in [2.45, 2.75) is 13.5 Å². The molecule has 1 aromatic carbocycles. The summed E-state index contributed by atoms with van der Waals surface area (Å²) in [5.41, 5.74) is 3.74. The van der Waals surface area contributed by atoms with Crippen LogP contribution in [0.1, 0.15) is 10.6 Å². The highest BCUT2D eigenvalue weighted by Gasteiger charge is 2.06. The zero-order valence-electron chi connectivity index (χ0n) is 10.2. The Morgan fingerprint density at radius 3 is 2.95 bits per heavy atom. The number of aromatic nitrogens is 3. The standard InChI is InChI=1S/C13H11ClN4S/c1-8-12(19-7-18-8)5-15-13-10-3-2-9(14)4-11(10)16-6-17-13/h2-4,6-7H,5H2,1H3,(H,15,16,17). The van der Waals surface area contributed by atoms with Gasteiger partial charge in [-0.15, -0.1) is 11.3 Å². The van der Waals surface area contributed by atoms with Crippen molar-refractivity contribution in [3.05, 3.63) is 45.6 Å². The topological polar surface area (TPSA) is 50.7 Å². The van der Waals surface area contributed by atoms with Crippen LogP contribution in [0.5, 0.6) is 0 Å². The summed E-state index contributed by atoms with van der Waals surface area (Å²) in [4.78, 5) is 13.9. The van der Waals surface area contributed by atoms with Crippen LogP contribution in [0, 0.1) is 6.92 Å². The second kappa shape index (κ2) is 5.11. The summed E-state index contributed by atoms with van der Waals surface area (Å²) in [7, 11) is 0. The van der Waals surface area contributed by atoms with Crippen LogP contribution in [0.3, 0.4) is 0 Å². The van der Waals surface area contributed by atoms with E-state index in [-0.39, 0.29) is 0 Å². The molecule has 19 heavy (non-hydrogen) atoms. The van der Waals surface area contributed by atoms with E-state index in [1.54, 1.807) is 17.7 Å². The van der Waals surface area contributed by atoms with Gasteiger partial charge in [-0.2, -0.15) is 0 Å². The molecule has 0 spiro atoms.